The number of hydrogen-bond donors (Lipinski definition) is 1. The molecule has 0 aromatic heterocycles. The van der Waals surface area contributed by atoms with Crippen LogP contribution in [0.1, 0.15) is 42.4 Å². The maximum atomic E-state index is 5.41. The molecule has 2 aliphatic carbocycles. The maximum Gasteiger partial charge on any atom is 0.0586 e. The zero-order valence-electron chi connectivity index (χ0n) is 11.2. The maximum absolute atomic E-state index is 5.41. The van der Waals surface area contributed by atoms with Gasteiger partial charge in [-0.25, -0.2) is 0 Å². The number of ether oxygens (including phenoxy) is 1. The molecule has 1 fully saturated rings. The van der Waals surface area contributed by atoms with Crippen LogP contribution in [0.2, 0.25) is 0 Å². The van der Waals surface area contributed by atoms with Crippen LogP contribution in [0.3, 0.4) is 0 Å². The summed E-state index contributed by atoms with van der Waals surface area (Å²) in [6.45, 7) is 1.01. The number of nitrogens with one attached hydrogen (secondary N) is 1. The predicted molar refractivity (Wildman–Crippen MR) is 73.7 cm³/mol. The van der Waals surface area contributed by atoms with E-state index in [1.165, 1.54) is 44.1 Å². The SMILES string of the molecule is COC1CCC(NCc2ccc3c(c2)CCC3)C1. The Morgan fingerprint density at radius 2 is 2.11 bits per heavy atom. The third-order valence-corrected chi connectivity index (χ3v) is 4.48. The van der Waals surface area contributed by atoms with Crippen LogP contribution >= 0.6 is 0 Å². The summed E-state index contributed by atoms with van der Waals surface area (Å²) in [6.07, 6.45) is 8.00. The second-order valence-electron chi connectivity index (χ2n) is 5.71. The summed E-state index contributed by atoms with van der Waals surface area (Å²) >= 11 is 0. The molecule has 2 atom stereocenters. The number of aryl methyl sites for hydroxylation is 2. The van der Waals surface area contributed by atoms with Gasteiger partial charge in [0.1, 0.15) is 0 Å². The molecule has 2 nitrogen and oxygen atoms in total. The highest BCUT2D eigenvalue weighted by Gasteiger charge is 2.23. The molecule has 2 aliphatic rings. The Morgan fingerprint density at radius 3 is 2.94 bits per heavy atom. The molecule has 2 heteroatoms. The highest BCUT2D eigenvalue weighted by Crippen LogP contribution is 2.24. The summed E-state index contributed by atoms with van der Waals surface area (Å²) in [6, 6.07) is 7.66. The summed E-state index contributed by atoms with van der Waals surface area (Å²) < 4.78 is 5.41. The van der Waals surface area contributed by atoms with Crippen LogP contribution in [0.5, 0.6) is 0 Å². The molecule has 0 radical (unpaired) electrons. The van der Waals surface area contributed by atoms with Crippen LogP contribution in [-0.4, -0.2) is 19.3 Å². The average Bonchev–Trinajstić information content (AvgIpc) is 3.04. The quantitative estimate of drug-likeness (QED) is 0.880. The van der Waals surface area contributed by atoms with E-state index in [9.17, 15) is 0 Å². The molecule has 0 aliphatic heterocycles. The minimum Gasteiger partial charge on any atom is -0.381 e. The number of methoxy groups -OCH3 is 1. The van der Waals surface area contributed by atoms with Gasteiger partial charge in [0.05, 0.1) is 6.10 Å². The molecule has 0 amide bonds. The molecule has 1 N–H and O–H groups in total. The Morgan fingerprint density at radius 1 is 1.22 bits per heavy atom. The Balaban J connectivity index is 1.54. The molecule has 1 saturated carbocycles. The van der Waals surface area contributed by atoms with Gasteiger partial charge in [0.2, 0.25) is 0 Å². The van der Waals surface area contributed by atoms with Gasteiger partial charge in [0.15, 0.2) is 0 Å². The van der Waals surface area contributed by atoms with Crippen molar-refractivity contribution < 1.29 is 4.74 Å². The molecule has 1 aromatic rings. The fourth-order valence-corrected chi connectivity index (χ4v) is 3.34. The van der Waals surface area contributed by atoms with Gasteiger partial charge in [0, 0.05) is 19.7 Å². The fraction of sp³-hybridized carbons (Fsp3) is 0.625. The zero-order chi connectivity index (χ0) is 12.4. The van der Waals surface area contributed by atoms with Crippen molar-refractivity contribution in [3.63, 3.8) is 0 Å². The molecule has 3 rings (SSSR count). The van der Waals surface area contributed by atoms with E-state index in [0.717, 1.165) is 6.54 Å². The Kier molecular flexibility index (Phi) is 3.67. The topological polar surface area (TPSA) is 21.3 Å². The van der Waals surface area contributed by atoms with Gasteiger partial charge in [-0.15, -0.1) is 0 Å². The highest BCUT2D eigenvalue weighted by molar-refractivity contribution is 5.35. The van der Waals surface area contributed by atoms with Gasteiger partial charge in [-0.2, -0.15) is 0 Å². The first-order chi connectivity index (χ1) is 8.85. The lowest BCUT2D eigenvalue weighted by Gasteiger charge is -2.13. The van der Waals surface area contributed by atoms with E-state index in [-0.39, 0.29) is 0 Å². The molecular formula is C16H23NO. The third-order valence-electron chi connectivity index (χ3n) is 4.48. The fourth-order valence-electron chi connectivity index (χ4n) is 3.34. The Bertz CT molecular complexity index is 416. The van der Waals surface area contributed by atoms with Gasteiger partial charge in [-0.1, -0.05) is 18.2 Å². The summed E-state index contributed by atoms with van der Waals surface area (Å²) in [5.74, 6) is 0. The summed E-state index contributed by atoms with van der Waals surface area (Å²) in [7, 11) is 1.83. The van der Waals surface area contributed by atoms with E-state index in [4.69, 9.17) is 4.74 Å². The summed E-state index contributed by atoms with van der Waals surface area (Å²) in [5.41, 5.74) is 4.59. The van der Waals surface area contributed by atoms with E-state index in [0.29, 0.717) is 12.1 Å². The molecule has 2 unspecified atom stereocenters. The van der Waals surface area contributed by atoms with Crippen molar-refractivity contribution in [2.75, 3.05) is 7.11 Å². The first kappa shape index (κ1) is 12.2. The summed E-state index contributed by atoms with van der Waals surface area (Å²) in [5, 5.41) is 3.67. The van der Waals surface area contributed by atoms with Crippen molar-refractivity contribution >= 4 is 0 Å². The Labute approximate surface area is 110 Å². The van der Waals surface area contributed by atoms with E-state index in [1.807, 2.05) is 7.11 Å². The van der Waals surface area contributed by atoms with Gasteiger partial charge in [-0.3, -0.25) is 0 Å². The zero-order valence-corrected chi connectivity index (χ0v) is 11.2. The van der Waals surface area contributed by atoms with Gasteiger partial charge < -0.3 is 10.1 Å². The van der Waals surface area contributed by atoms with Crippen LogP contribution in [0, 0.1) is 0 Å². The molecule has 98 valence electrons. The smallest absolute Gasteiger partial charge is 0.0586 e. The monoisotopic (exact) mass is 245 g/mol. The second-order valence-corrected chi connectivity index (χ2v) is 5.71. The van der Waals surface area contributed by atoms with Crippen LogP contribution in [-0.2, 0) is 24.1 Å². The lowest BCUT2D eigenvalue weighted by molar-refractivity contribution is 0.107. The van der Waals surface area contributed by atoms with E-state index in [2.05, 4.69) is 23.5 Å². The molecule has 0 bridgehead atoms. The van der Waals surface area contributed by atoms with Crippen molar-refractivity contribution in [1.29, 1.82) is 0 Å². The first-order valence-corrected chi connectivity index (χ1v) is 7.22. The van der Waals surface area contributed by atoms with Crippen LogP contribution in [0.25, 0.3) is 0 Å². The highest BCUT2D eigenvalue weighted by atomic mass is 16.5. The van der Waals surface area contributed by atoms with Crippen molar-refractivity contribution in [2.45, 2.75) is 57.2 Å². The molecule has 1 aromatic carbocycles. The van der Waals surface area contributed by atoms with Gasteiger partial charge >= 0.3 is 0 Å². The van der Waals surface area contributed by atoms with E-state index in [1.54, 1.807) is 11.1 Å². The van der Waals surface area contributed by atoms with Crippen molar-refractivity contribution in [1.82, 2.24) is 5.32 Å². The molecule has 0 saturated heterocycles. The van der Waals surface area contributed by atoms with Crippen LogP contribution < -0.4 is 5.32 Å². The minimum absolute atomic E-state index is 0.475. The molecule has 0 heterocycles. The first-order valence-electron chi connectivity index (χ1n) is 7.22. The lowest BCUT2D eigenvalue weighted by Crippen LogP contribution is -2.26. The predicted octanol–water partition coefficient (Wildman–Crippen LogP) is 2.83. The largest absolute Gasteiger partial charge is 0.381 e. The standard InChI is InChI=1S/C16H23NO/c1-18-16-8-7-15(10-16)17-11-12-5-6-13-3-2-4-14(13)9-12/h5-6,9,15-17H,2-4,7-8,10-11H2,1H3. The number of rotatable bonds is 4. The lowest BCUT2D eigenvalue weighted by atomic mass is 10.1. The van der Waals surface area contributed by atoms with Crippen molar-refractivity contribution in [3.8, 4) is 0 Å². The second kappa shape index (κ2) is 5.41. The average molecular weight is 245 g/mol. The molecular weight excluding hydrogens is 222 g/mol. The normalized spacial score (nSPS) is 26.5. The van der Waals surface area contributed by atoms with Gasteiger partial charge in [-0.05, 0) is 55.2 Å². The van der Waals surface area contributed by atoms with E-state index < -0.39 is 0 Å². The van der Waals surface area contributed by atoms with Gasteiger partial charge in [0.25, 0.3) is 0 Å². The van der Waals surface area contributed by atoms with Crippen molar-refractivity contribution in [3.05, 3.63) is 34.9 Å². The van der Waals surface area contributed by atoms with E-state index >= 15 is 0 Å². The van der Waals surface area contributed by atoms with Crippen molar-refractivity contribution in [2.24, 2.45) is 0 Å². The summed E-state index contributed by atoms with van der Waals surface area (Å²) in [4.78, 5) is 0. The third kappa shape index (κ3) is 2.60. The minimum atomic E-state index is 0.475. The van der Waals surface area contributed by atoms with Crippen LogP contribution in [0.15, 0.2) is 18.2 Å². The van der Waals surface area contributed by atoms with Crippen LogP contribution in [0.4, 0.5) is 0 Å². The molecule has 18 heavy (non-hydrogen) atoms. The Hall–Kier alpha value is -0.860. The number of hydrogen-bond acceptors (Lipinski definition) is 2. The number of benzene rings is 1. The number of fused-ring (bicyclic) bond motifs is 1. The molecule has 0 spiro atoms.